The number of rotatable bonds is 4. The standard InChI is InChI=1S/C10H12N2O3/c1-14-10(13)8-4-12-9(5-11-8)15-6-7-2-3-7/h4-5,7H,2-3,6H2,1H3. The molecule has 15 heavy (non-hydrogen) atoms. The van der Waals surface area contributed by atoms with Gasteiger partial charge in [0.2, 0.25) is 5.88 Å². The zero-order valence-corrected chi connectivity index (χ0v) is 8.47. The first-order valence-corrected chi connectivity index (χ1v) is 4.83. The van der Waals surface area contributed by atoms with Crippen LogP contribution < -0.4 is 4.74 Å². The van der Waals surface area contributed by atoms with Crippen molar-refractivity contribution in [1.82, 2.24) is 9.97 Å². The lowest BCUT2D eigenvalue weighted by Crippen LogP contribution is -2.06. The molecule has 0 saturated heterocycles. The highest BCUT2D eigenvalue weighted by Gasteiger charge is 2.22. The number of carbonyl (C=O) groups is 1. The topological polar surface area (TPSA) is 61.3 Å². The molecule has 5 heteroatoms. The van der Waals surface area contributed by atoms with Gasteiger partial charge in [0.1, 0.15) is 0 Å². The van der Waals surface area contributed by atoms with E-state index in [1.165, 1.54) is 32.3 Å². The van der Waals surface area contributed by atoms with Gasteiger partial charge in [-0.1, -0.05) is 0 Å². The number of esters is 1. The summed E-state index contributed by atoms with van der Waals surface area (Å²) in [7, 11) is 1.31. The summed E-state index contributed by atoms with van der Waals surface area (Å²) in [6, 6.07) is 0. The van der Waals surface area contributed by atoms with E-state index in [1.54, 1.807) is 0 Å². The van der Waals surface area contributed by atoms with Gasteiger partial charge in [-0.25, -0.2) is 14.8 Å². The van der Waals surface area contributed by atoms with Crippen LogP contribution in [0.1, 0.15) is 23.3 Å². The average molecular weight is 208 g/mol. The molecule has 1 fully saturated rings. The summed E-state index contributed by atoms with van der Waals surface area (Å²) < 4.78 is 9.87. The molecule has 2 rings (SSSR count). The fourth-order valence-electron chi connectivity index (χ4n) is 1.09. The third-order valence-corrected chi connectivity index (χ3v) is 2.19. The number of nitrogens with zero attached hydrogens (tertiary/aromatic N) is 2. The third kappa shape index (κ3) is 2.65. The summed E-state index contributed by atoms with van der Waals surface area (Å²) in [6.45, 7) is 0.687. The van der Waals surface area contributed by atoms with Gasteiger partial charge >= 0.3 is 5.97 Å². The molecule has 1 saturated carbocycles. The lowest BCUT2D eigenvalue weighted by Gasteiger charge is -2.03. The molecule has 1 aromatic rings. The predicted octanol–water partition coefficient (Wildman–Crippen LogP) is 1.05. The summed E-state index contributed by atoms with van der Waals surface area (Å²) >= 11 is 0. The van der Waals surface area contributed by atoms with Gasteiger partial charge in [0.25, 0.3) is 0 Å². The summed E-state index contributed by atoms with van der Waals surface area (Å²) in [4.78, 5) is 18.9. The SMILES string of the molecule is COC(=O)c1cnc(OCC2CC2)cn1. The Hall–Kier alpha value is -1.65. The van der Waals surface area contributed by atoms with E-state index in [2.05, 4.69) is 14.7 Å². The zero-order valence-electron chi connectivity index (χ0n) is 8.47. The molecule has 0 spiro atoms. The first kappa shape index (κ1) is 9.89. The fourth-order valence-corrected chi connectivity index (χ4v) is 1.09. The molecule has 0 unspecified atom stereocenters. The highest BCUT2D eigenvalue weighted by atomic mass is 16.5. The van der Waals surface area contributed by atoms with E-state index in [4.69, 9.17) is 4.74 Å². The minimum atomic E-state index is -0.490. The van der Waals surface area contributed by atoms with Crippen LogP contribution >= 0.6 is 0 Å². The van der Waals surface area contributed by atoms with Crippen molar-refractivity contribution in [3.05, 3.63) is 18.1 Å². The summed E-state index contributed by atoms with van der Waals surface area (Å²) in [6.07, 6.45) is 5.25. The van der Waals surface area contributed by atoms with E-state index in [0.29, 0.717) is 18.4 Å². The molecule has 0 bridgehead atoms. The second-order valence-electron chi connectivity index (χ2n) is 3.49. The molecule has 0 N–H and O–H groups in total. The average Bonchev–Trinajstić information content (AvgIpc) is 3.10. The Bertz CT molecular complexity index is 346. The molecule has 0 aromatic carbocycles. The highest BCUT2D eigenvalue weighted by molar-refractivity contribution is 5.86. The largest absolute Gasteiger partial charge is 0.476 e. The number of methoxy groups -OCH3 is 1. The number of carbonyl (C=O) groups excluding carboxylic acids is 1. The maximum Gasteiger partial charge on any atom is 0.358 e. The van der Waals surface area contributed by atoms with Crippen LogP contribution in [0.2, 0.25) is 0 Å². The number of ether oxygens (including phenoxy) is 2. The maximum atomic E-state index is 11.0. The number of hydrogen-bond donors (Lipinski definition) is 0. The van der Waals surface area contributed by atoms with Gasteiger partial charge in [-0.05, 0) is 18.8 Å². The molecule has 1 heterocycles. The predicted molar refractivity (Wildman–Crippen MR) is 51.6 cm³/mol. The summed E-state index contributed by atoms with van der Waals surface area (Å²) in [5.74, 6) is 0.637. The Labute approximate surface area is 87.4 Å². The van der Waals surface area contributed by atoms with Crippen LogP contribution in [0.15, 0.2) is 12.4 Å². The van der Waals surface area contributed by atoms with Gasteiger partial charge in [0, 0.05) is 0 Å². The molecular weight excluding hydrogens is 196 g/mol. The lowest BCUT2D eigenvalue weighted by atomic mass is 10.4. The molecule has 0 atom stereocenters. The van der Waals surface area contributed by atoms with Crippen LogP contribution in [0.4, 0.5) is 0 Å². The Morgan fingerprint density at radius 2 is 2.27 bits per heavy atom. The van der Waals surface area contributed by atoms with Crippen LogP contribution in [0.25, 0.3) is 0 Å². The van der Waals surface area contributed by atoms with Crippen LogP contribution in [-0.4, -0.2) is 29.7 Å². The van der Waals surface area contributed by atoms with E-state index in [1.807, 2.05) is 0 Å². The molecule has 0 amide bonds. The second kappa shape index (κ2) is 4.25. The van der Waals surface area contributed by atoms with Crippen molar-refractivity contribution in [2.45, 2.75) is 12.8 Å². The summed E-state index contributed by atoms with van der Waals surface area (Å²) in [5.41, 5.74) is 0.191. The number of aromatic nitrogens is 2. The molecule has 0 radical (unpaired) electrons. The first-order valence-electron chi connectivity index (χ1n) is 4.83. The van der Waals surface area contributed by atoms with Crippen molar-refractivity contribution in [2.24, 2.45) is 5.92 Å². The van der Waals surface area contributed by atoms with Crippen molar-refractivity contribution in [1.29, 1.82) is 0 Å². The minimum Gasteiger partial charge on any atom is -0.476 e. The molecular formula is C10H12N2O3. The maximum absolute atomic E-state index is 11.0. The van der Waals surface area contributed by atoms with Crippen molar-refractivity contribution in [2.75, 3.05) is 13.7 Å². The Kier molecular flexibility index (Phi) is 2.80. The zero-order chi connectivity index (χ0) is 10.7. The lowest BCUT2D eigenvalue weighted by molar-refractivity contribution is 0.0593. The first-order chi connectivity index (χ1) is 7.29. The number of hydrogen-bond acceptors (Lipinski definition) is 5. The van der Waals surface area contributed by atoms with Crippen LogP contribution in [0, 0.1) is 5.92 Å². The second-order valence-corrected chi connectivity index (χ2v) is 3.49. The molecule has 5 nitrogen and oxygen atoms in total. The van der Waals surface area contributed by atoms with E-state index in [-0.39, 0.29) is 5.69 Å². The Morgan fingerprint density at radius 1 is 1.47 bits per heavy atom. The Morgan fingerprint density at radius 3 is 2.80 bits per heavy atom. The quantitative estimate of drug-likeness (QED) is 0.692. The summed E-state index contributed by atoms with van der Waals surface area (Å²) in [5, 5.41) is 0. The van der Waals surface area contributed by atoms with Gasteiger partial charge in [0.15, 0.2) is 5.69 Å². The van der Waals surface area contributed by atoms with E-state index < -0.39 is 5.97 Å². The minimum absolute atomic E-state index is 0.191. The molecule has 0 aliphatic heterocycles. The van der Waals surface area contributed by atoms with E-state index in [9.17, 15) is 4.79 Å². The van der Waals surface area contributed by atoms with Crippen molar-refractivity contribution in [3.8, 4) is 5.88 Å². The normalized spacial score (nSPS) is 14.7. The molecule has 80 valence electrons. The molecule has 1 aliphatic rings. The molecule has 1 aliphatic carbocycles. The van der Waals surface area contributed by atoms with Crippen LogP contribution in [0.5, 0.6) is 5.88 Å². The fraction of sp³-hybridized carbons (Fsp3) is 0.500. The van der Waals surface area contributed by atoms with Crippen LogP contribution in [-0.2, 0) is 4.74 Å². The van der Waals surface area contributed by atoms with Gasteiger partial charge in [0.05, 0.1) is 26.1 Å². The van der Waals surface area contributed by atoms with Crippen LogP contribution in [0.3, 0.4) is 0 Å². The van der Waals surface area contributed by atoms with Gasteiger partial charge in [-0.3, -0.25) is 0 Å². The molecule has 1 aromatic heterocycles. The third-order valence-electron chi connectivity index (χ3n) is 2.19. The van der Waals surface area contributed by atoms with Gasteiger partial charge in [-0.2, -0.15) is 0 Å². The van der Waals surface area contributed by atoms with Gasteiger partial charge in [-0.15, -0.1) is 0 Å². The van der Waals surface area contributed by atoms with E-state index >= 15 is 0 Å². The van der Waals surface area contributed by atoms with E-state index in [0.717, 1.165) is 0 Å². The highest BCUT2D eigenvalue weighted by Crippen LogP contribution is 2.29. The Balaban J connectivity index is 1.93. The van der Waals surface area contributed by atoms with Crippen molar-refractivity contribution < 1.29 is 14.3 Å². The smallest absolute Gasteiger partial charge is 0.358 e. The monoisotopic (exact) mass is 208 g/mol. The van der Waals surface area contributed by atoms with Crippen molar-refractivity contribution >= 4 is 5.97 Å². The van der Waals surface area contributed by atoms with Gasteiger partial charge < -0.3 is 9.47 Å². The van der Waals surface area contributed by atoms with Crippen molar-refractivity contribution in [3.63, 3.8) is 0 Å².